The van der Waals surface area contributed by atoms with E-state index in [0.717, 1.165) is 12.1 Å². The van der Waals surface area contributed by atoms with Crippen LogP contribution in [0.1, 0.15) is 30.7 Å². The van der Waals surface area contributed by atoms with Gasteiger partial charge in [0, 0.05) is 23.4 Å². The molecule has 0 aromatic heterocycles. The summed E-state index contributed by atoms with van der Waals surface area (Å²) < 4.78 is 5.25. The number of hydrogen-bond donors (Lipinski definition) is 3. The van der Waals surface area contributed by atoms with Crippen molar-refractivity contribution >= 4 is 29.1 Å². The van der Waals surface area contributed by atoms with E-state index in [2.05, 4.69) is 16.7 Å². The molecule has 0 bridgehead atoms. The summed E-state index contributed by atoms with van der Waals surface area (Å²) in [6.45, 7) is 0. The van der Waals surface area contributed by atoms with Crippen molar-refractivity contribution in [1.29, 1.82) is 5.26 Å². The van der Waals surface area contributed by atoms with Crippen molar-refractivity contribution in [1.82, 2.24) is 5.32 Å². The number of amides is 1. The molecule has 0 saturated carbocycles. The van der Waals surface area contributed by atoms with Gasteiger partial charge in [-0.3, -0.25) is 9.59 Å². The zero-order chi connectivity index (χ0) is 23.4. The van der Waals surface area contributed by atoms with Gasteiger partial charge >= 0.3 is 0 Å². The van der Waals surface area contributed by atoms with E-state index >= 15 is 0 Å². The number of hydrogen-bond acceptors (Lipinski definition) is 7. The average molecular weight is 462 g/mol. The highest BCUT2D eigenvalue weighted by Gasteiger charge is 2.37. The molecule has 1 atom stereocenters. The molecular weight excluding hydrogens is 438 g/mol. The highest BCUT2D eigenvalue weighted by atomic mass is 32.2. The highest BCUT2D eigenvalue weighted by molar-refractivity contribution is 8.03. The number of anilines is 1. The fourth-order valence-corrected chi connectivity index (χ4v) is 4.96. The van der Waals surface area contributed by atoms with Gasteiger partial charge < -0.3 is 20.5 Å². The van der Waals surface area contributed by atoms with Crippen LogP contribution in [0.3, 0.4) is 0 Å². The third kappa shape index (κ3) is 4.73. The lowest BCUT2D eigenvalue weighted by Crippen LogP contribution is -2.31. The van der Waals surface area contributed by atoms with Gasteiger partial charge in [0.05, 0.1) is 35.5 Å². The number of phenols is 1. The first-order valence-corrected chi connectivity index (χ1v) is 11.5. The van der Waals surface area contributed by atoms with Gasteiger partial charge in [-0.15, -0.1) is 0 Å². The van der Waals surface area contributed by atoms with E-state index in [9.17, 15) is 20.0 Å². The molecule has 1 aliphatic heterocycles. The fourth-order valence-electron chi connectivity index (χ4n) is 4.10. The second kappa shape index (κ2) is 9.84. The van der Waals surface area contributed by atoms with E-state index in [1.807, 2.05) is 18.2 Å². The average Bonchev–Trinajstić information content (AvgIpc) is 2.83. The van der Waals surface area contributed by atoms with Gasteiger partial charge in [0.25, 0.3) is 0 Å². The Kier molecular flexibility index (Phi) is 6.71. The van der Waals surface area contributed by atoms with E-state index in [1.165, 1.54) is 24.9 Å². The molecule has 0 spiro atoms. The zero-order valence-electron chi connectivity index (χ0n) is 18.1. The Hall–Kier alpha value is -3.70. The molecule has 1 aliphatic carbocycles. The van der Waals surface area contributed by atoms with E-state index in [1.54, 1.807) is 24.3 Å². The summed E-state index contributed by atoms with van der Waals surface area (Å²) in [7, 11) is 1.45. The first-order chi connectivity index (χ1) is 16.0. The fraction of sp³-hybridized carbons (Fsp3) is 0.240. The number of nitrogens with zero attached hydrogens (tertiary/aromatic N) is 1. The third-order valence-electron chi connectivity index (χ3n) is 5.61. The minimum Gasteiger partial charge on any atom is -0.504 e. The number of ether oxygens (including phenoxy) is 1. The summed E-state index contributed by atoms with van der Waals surface area (Å²) in [5.41, 5.74) is 3.11. The predicted octanol–water partition coefficient (Wildman–Crippen LogP) is 4.20. The van der Waals surface area contributed by atoms with Crippen molar-refractivity contribution in [2.45, 2.75) is 25.2 Å². The number of aromatic hydroxyl groups is 1. The number of nitriles is 1. The van der Waals surface area contributed by atoms with Crippen LogP contribution in [0.2, 0.25) is 0 Å². The first kappa shape index (κ1) is 22.5. The molecule has 8 heteroatoms. The molecule has 2 aliphatic rings. The minimum absolute atomic E-state index is 0.000544. The summed E-state index contributed by atoms with van der Waals surface area (Å²) in [5, 5.41) is 26.8. The number of rotatable bonds is 6. The van der Waals surface area contributed by atoms with Crippen LogP contribution in [0.15, 0.2) is 70.4 Å². The number of para-hydroxylation sites is 1. The highest BCUT2D eigenvalue weighted by Crippen LogP contribution is 2.45. The number of carbonyl (C=O) groups is 2. The number of nitrogens with one attached hydrogen (secondary N) is 2. The summed E-state index contributed by atoms with van der Waals surface area (Å²) >= 11 is 1.23. The smallest absolute Gasteiger partial charge is 0.234 e. The molecule has 1 unspecified atom stereocenters. The van der Waals surface area contributed by atoms with Crippen LogP contribution < -0.4 is 15.4 Å². The van der Waals surface area contributed by atoms with E-state index in [-0.39, 0.29) is 28.9 Å². The quantitative estimate of drug-likeness (QED) is 0.591. The van der Waals surface area contributed by atoms with Gasteiger partial charge in [-0.2, -0.15) is 5.26 Å². The normalized spacial score (nSPS) is 17.7. The van der Waals surface area contributed by atoms with Crippen LogP contribution in [0.4, 0.5) is 5.69 Å². The molecule has 1 heterocycles. The molecule has 3 N–H and O–H groups in total. The van der Waals surface area contributed by atoms with E-state index in [4.69, 9.17) is 4.74 Å². The lowest BCUT2D eigenvalue weighted by molar-refractivity contribution is -0.116. The number of dihydropyridines is 1. The Balaban J connectivity index is 1.66. The van der Waals surface area contributed by atoms with Gasteiger partial charge in [-0.1, -0.05) is 36.0 Å². The second-order valence-corrected chi connectivity index (χ2v) is 8.70. The van der Waals surface area contributed by atoms with Crippen molar-refractivity contribution in [3.05, 3.63) is 76.0 Å². The molecule has 0 saturated heterocycles. The molecule has 2 aromatic carbocycles. The summed E-state index contributed by atoms with van der Waals surface area (Å²) in [5.74, 6) is -0.433. The van der Waals surface area contributed by atoms with Crippen LogP contribution in [-0.2, 0) is 9.59 Å². The maximum atomic E-state index is 12.9. The van der Waals surface area contributed by atoms with Crippen molar-refractivity contribution in [3.63, 3.8) is 0 Å². The monoisotopic (exact) mass is 461 g/mol. The number of allylic oxidation sites excluding steroid dienone is 3. The Labute approximate surface area is 196 Å². The molecule has 7 nitrogen and oxygen atoms in total. The van der Waals surface area contributed by atoms with Gasteiger partial charge in [-0.25, -0.2) is 0 Å². The largest absolute Gasteiger partial charge is 0.504 e. The third-order valence-corrected chi connectivity index (χ3v) is 6.62. The molecule has 4 rings (SSSR count). The zero-order valence-corrected chi connectivity index (χ0v) is 18.9. The maximum Gasteiger partial charge on any atom is 0.234 e. The number of carbonyl (C=O) groups excluding carboxylic acids is 2. The predicted molar refractivity (Wildman–Crippen MR) is 127 cm³/mol. The minimum atomic E-state index is -0.590. The van der Waals surface area contributed by atoms with Gasteiger partial charge in [0.1, 0.15) is 0 Å². The molecule has 0 fully saturated rings. The summed E-state index contributed by atoms with van der Waals surface area (Å²) in [6, 6.07) is 16.3. The van der Waals surface area contributed by atoms with Gasteiger partial charge in [0.15, 0.2) is 17.3 Å². The number of methoxy groups -OCH3 is 1. The summed E-state index contributed by atoms with van der Waals surface area (Å²) in [4.78, 5) is 25.4. The van der Waals surface area contributed by atoms with Crippen molar-refractivity contribution in [2.24, 2.45) is 0 Å². The van der Waals surface area contributed by atoms with Crippen LogP contribution in [0, 0.1) is 11.3 Å². The number of benzene rings is 2. The molecule has 0 radical (unpaired) electrons. The SMILES string of the molecule is COc1cc(C2C(C#N)=C(SCC(=O)Nc3ccccc3)NC3=C2C(=O)CCC3)ccc1O. The number of Topliss-reactive ketones (excluding diaryl/α,β-unsaturated/α-hetero) is 1. The Morgan fingerprint density at radius 1 is 1.27 bits per heavy atom. The lowest BCUT2D eigenvalue weighted by Gasteiger charge is -2.33. The Morgan fingerprint density at radius 2 is 2.06 bits per heavy atom. The summed E-state index contributed by atoms with van der Waals surface area (Å²) in [6.07, 6.45) is 1.84. The molecule has 2 aromatic rings. The van der Waals surface area contributed by atoms with E-state index < -0.39 is 5.92 Å². The molecule has 1 amide bonds. The Bertz CT molecular complexity index is 1200. The molecular formula is C25H23N3O4S. The van der Waals surface area contributed by atoms with Crippen molar-refractivity contribution in [2.75, 3.05) is 18.2 Å². The van der Waals surface area contributed by atoms with Crippen molar-refractivity contribution in [3.8, 4) is 17.6 Å². The Morgan fingerprint density at radius 3 is 2.79 bits per heavy atom. The number of thioether (sulfide) groups is 1. The second-order valence-electron chi connectivity index (χ2n) is 7.72. The standard InChI is InChI=1S/C25H23N3O4S/c1-32-21-12-15(10-11-19(21)29)23-17(13-26)25(28-18-8-5-9-20(30)24(18)23)33-14-22(31)27-16-6-3-2-4-7-16/h2-4,6-7,10-12,23,28-29H,5,8-9,14H2,1H3,(H,27,31). The van der Waals surface area contributed by atoms with Gasteiger partial charge in [0.2, 0.25) is 5.91 Å². The van der Waals surface area contributed by atoms with Gasteiger partial charge in [-0.05, 0) is 42.7 Å². The van der Waals surface area contributed by atoms with Crippen LogP contribution in [0.25, 0.3) is 0 Å². The maximum absolute atomic E-state index is 12.9. The van der Waals surface area contributed by atoms with Crippen LogP contribution >= 0.6 is 11.8 Å². The number of phenolic OH excluding ortho intramolecular Hbond substituents is 1. The molecule has 168 valence electrons. The first-order valence-electron chi connectivity index (χ1n) is 10.5. The van der Waals surface area contributed by atoms with E-state index in [0.29, 0.717) is 40.3 Å². The molecule has 33 heavy (non-hydrogen) atoms. The van der Waals surface area contributed by atoms with Crippen LogP contribution in [-0.4, -0.2) is 29.7 Å². The number of ketones is 1. The lowest BCUT2D eigenvalue weighted by atomic mass is 9.77. The topological polar surface area (TPSA) is 111 Å². The van der Waals surface area contributed by atoms with Crippen molar-refractivity contribution < 1.29 is 19.4 Å². The van der Waals surface area contributed by atoms with Crippen LogP contribution in [0.5, 0.6) is 11.5 Å².